The first-order chi connectivity index (χ1) is 28.6. The molecule has 14 nitrogen and oxygen atoms in total. The third-order valence-corrected chi connectivity index (χ3v) is 12.3. The summed E-state index contributed by atoms with van der Waals surface area (Å²) in [5, 5.41) is 16.6. The van der Waals surface area contributed by atoms with E-state index < -0.39 is 31.4 Å². The zero-order valence-electron chi connectivity index (χ0n) is 32.0. The van der Waals surface area contributed by atoms with Crippen LogP contribution in [0.25, 0.3) is 22.2 Å². The van der Waals surface area contributed by atoms with E-state index in [1.807, 2.05) is 42.5 Å². The lowest BCUT2D eigenvalue weighted by atomic mass is 9.99. The first-order valence-electron chi connectivity index (χ1n) is 19.3. The van der Waals surface area contributed by atoms with E-state index >= 15 is 0 Å². The molecule has 2 saturated heterocycles. The summed E-state index contributed by atoms with van der Waals surface area (Å²) in [6, 6.07) is 28.4. The van der Waals surface area contributed by atoms with Gasteiger partial charge >= 0.3 is 0 Å². The highest BCUT2D eigenvalue weighted by Crippen LogP contribution is 2.34. The number of H-pyrrole nitrogens is 1. The Morgan fingerprint density at radius 1 is 0.966 bits per heavy atom. The van der Waals surface area contributed by atoms with Crippen LogP contribution in [0, 0.1) is 16.0 Å². The van der Waals surface area contributed by atoms with E-state index in [1.54, 1.807) is 24.4 Å². The Morgan fingerprint density at radius 3 is 2.53 bits per heavy atom. The van der Waals surface area contributed by atoms with Crippen molar-refractivity contribution in [3.05, 3.63) is 136 Å². The molecule has 304 valence electrons. The first-order valence-corrected chi connectivity index (χ1v) is 21.2. The van der Waals surface area contributed by atoms with E-state index in [9.17, 15) is 23.3 Å². The van der Waals surface area contributed by atoms with E-state index in [0.29, 0.717) is 49.3 Å². The van der Waals surface area contributed by atoms with Crippen molar-refractivity contribution in [2.24, 2.45) is 5.92 Å². The van der Waals surface area contributed by atoms with Crippen molar-refractivity contribution in [1.82, 2.24) is 19.6 Å². The summed E-state index contributed by atoms with van der Waals surface area (Å²) in [6.07, 6.45) is 4.91. The number of carbonyl (C=O) groups is 1. The summed E-state index contributed by atoms with van der Waals surface area (Å²) in [5.41, 5.74) is 4.64. The molecule has 0 bridgehead atoms. The lowest BCUT2D eigenvalue weighted by Crippen LogP contribution is -2.46. The van der Waals surface area contributed by atoms with Crippen LogP contribution < -0.4 is 19.7 Å². The van der Waals surface area contributed by atoms with Crippen LogP contribution in [0.5, 0.6) is 11.5 Å². The summed E-state index contributed by atoms with van der Waals surface area (Å²) >= 11 is 6.15. The van der Waals surface area contributed by atoms with Gasteiger partial charge in [-0.05, 0) is 84.0 Å². The third kappa shape index (κ3) is 9.34. The van der Waals surface area contributed by atoms with Gasteiger partial charge in [0.2, 0.25) is 0 Å². The van der Waals surface area contributed by atoms with E-state index in [1.165, 1.54) is 30.0 Å². The fourth-order valence-corrected chi connectivity index (χ4v) is 8.59. The average molecular weight is 836 g/mol. The SMILES string of the molecule is O=C(NS(=O)(=O)c1ccc(NCC2CCOCC2)c([N+](=O)[O-])c1)c1ccc(N2CCN(Cc3ccccc3-c3ccc(Cl)cc3)CC2)cc1Oc1cnc2[nH]ccc2c1. The molecule has 0 spiro atoms. The molecule has 4 aromatic carbocycles. The quantitative estimate of drug-likeness (QED) is 0.0764. The number of aromatic nitrogens is 2. The number of carbonyl (C=O) groups excluding carboxylic acids is 1. The van der Waals surface area contributed by atoms with Crippen molar-refractivity contribution in [3.8, 4) is 22.6 Å². The van der Waals surface area contributed by atoms with Crippen LogP contribution in [0.4, 0.5) is 17.1 Å². The van der Waals surface area contributed by atoms with Crippen LogP contribution in [-0.4, -0.2) is 80.1 Å². The number of hydrogen-bond acceptors (Lipinski definition) is 11. The number of rotatable bonds is 13. The van der Waals surface area contributed by atoms with Crippen molar-refractivity contribution < 1.29 is 27.6 Å². The van der Waals surface area contributed by atoms with E-state index in [2.05, 4.69) is 41.9 Å². The van der Waals surface area contributed by atoms with Gasteiger partial charge in [-0.1, -0.05) is 48.0 Å². The zero-order chi connectivity index (χ0) is 40.9. The van der Waals surface area contributed by atoms with Crippen LogP contribution in [0.3, 0.4) is 0 Å². The molecule has 0 aliphatic carbocycles. The standard InChI is InChI=1S/C43H42ClN7O7S/c44-33-7-5-30(6-8-33)37-4-2-1-3-32(37)28-49-17-19-50(20-18-49)34-9-11-38(41(24-34)58-35-23-31-13-16-45-42(31)47-27-35)43(52)48-59(55,56)36-10-12-39(40(25-36)51(53)54)46-26-29-14-21-57-22-15-29/h1-13,16,23-25,27,29,46H,14-15,17-22,26,28H2,(H,45,47)(H,48,52). The molecular formula is C43H42ClN7O7S. The van der Waals surface area contributed by atoms with Crippen LogP contribution in [-0.2, 0) is 21.3 Å². The van der Waals surface area contributed by atoms with Gasteiger partial charge in [-0.25, -0.2) is 18.1 Å². The number of nitro benzene ring substituents is 1. The minimum atomic E-state index is -4.55. The number of sulfonamides is 1. The number of benzene rings is 4. The van der Waals surface area contributed by atoms with Crippen molar-refractivity contribution in [2.45, 2.75) is 24.3 Å². The van der Waals surface area contributed by atoms with Crippen molar-refractivity contribution in [3.63, 3.8) is 0 Å². The number of anilines is 2. The largest absolute Gasteiger partial charge is 0.455 e. The van der Waals surface area contributed by atoms with Gasteiger partial charge in [0.05, 0.1) is 21.6 Å². The van der Waals surface area contributed by atoms with Gasteiger partial charge in [0.1, 0.15) is 22.8 Å². The fourth-order valence-electron chi connectivity index (χ4n) is 7.48. The minimum absolute atomic E-state index is 0.0480. The first kappa shape index (κ1) is 39.8. The number of pyridine rings is 1. The maximum atomic E-state index is 13.9. The number of fused-ring (bicyclic) bond motifs is 1. The molecule has 0 radical (unpaired) electrons. The van der Waals surface area contributed by atoms with Crippen molar-refractivity contribution >= 4 is 55.6 Å². The topological polar surface area (TPSA) is 172 Å². The minimum Gasteiger partial charge on any atom is -0.455 e. The molecule has 2 aromatic heterocycles. The van der Waals surface area contributed by atoms with Crippen molar-refractivity contribution in [1.29, 1.82) is 0 Å². The van der Waals surface area contributed by atoms with Gasteiger partial charge in [-0.2, -0.15) is 0 Å². The number of nitrogens with one attached hydrogen (secondary N) is 3. The second kappa shape index (κ2) is 17.5. The van der Waals surface area contributed by atoms with Crippen molar-refractivity contribution in [2.75, 3.05) is 56.2 Å². The number of nitrogens with zero attached hydrogens (tertiary/aromatic N) is 4. The highest BCUT2D eigenvalue weighted by molar-refractivity contribution is 7.90. The van der Waals surface area contributed by atoms with Gasteiger partial charge in [-0.15, -0.1) is 0 Å². The Morgan fingerprint density at radius 2 is 1.75 bits per heavy atom. The Hall–Kier alpha value is -6.00. The Balaban J connectivity index is 1.00. The number of halogens is 1. The summed E-state index contributed by atoms with van der Waals surface area (Å²) in [5.74, 6) is -0.232. The number of aromatic amines is 1. The van der Waals surface area contributed by atoms with Crippen LogP contribution in [0.15, 0.2) is 114 Å². The smallest absolute Gasteiger partial charge is 0.293 e. The summed E-state index contributed by atoms with van der Waals surface area (Å²) in [7, 11) is -4.55. The van der Waals surface area contributed by atoms with Gasteiger partial charge in [0, 0.05) is 86.9 Å². The Labute approximate surface area is 346 Å². The van der Waals surface area contributed by atoms with Crippen LogP contribution in [0.1, 0.15) is 28.8 Å². The molecule has 3 N–H and O–H groups in total. The monoisotopic (exact) mass is 835 g/mol. The van der Waals surface area contributed by atoms with Gasteiger partial charge in [0.25, 0.3) is 21.6 Å². The predicted molar refractivity (Wildman–Crippen MR) is 227 cm³/mol. The molecule has 2 fully saturated rings. The average Bonchev–Trinajstić information content (AvgIpc) is 3.72. The molecule has 16 heteroatoms. The molecule has 1 amide bonds. The van der Waals surface area contributed by atoms with E-state index in [-0.39, 0.29) is 22.9 Å². The molecular weight excluding hydrogens is 794 g/mol. The lowest BCUT2D eigenvalue weighted by molar-refractivity contribution is -0.384. The fraction of sp³-hybridized carbons (Fsp3) is 0.256. The number of ether oxygens (including phenoxy) is 2. The second-order valence-corrected chi connectivity index (χ2v) is 16.7. The van der Waals surface area contributed by atoms with E-state index in [4.69, 9.17) is 21.1 Å². The van der Waals surface area contributed by atoms with Crippen LogP contribution in [0.2, 0.25) is 5.02 Å². The molecule has 2 aliphatic heterocycles. The second-order valence-electron chi connectivity index (χ2n) is 14.6. The summed E-state index contributed by atoms with van der Waals surface area (Å²) < 4.78 is 41.0. The Kier molecular flexibility index (Phi) is 11.8. The third-order valence-electron chi connectivity index (χ3n) is 10.7. The van der Waals surface area contributed by atoms with Crippen LogP contribution >= 0.6 is 11.6 Å². The zero-order valence-corrected chi connectivity index (χ0v) is 33.5. The number of nitro groups is 1. The van der Waals surface area contributed by atoms with Gasteiger partial charge in [0.15, 0.2) is 0 Å². The predicted octanol–water partition coefficient (Wildman–Crippen LogP) is 7.86. The summed E-state index contributed by atoms with van der Waals surface area (Å²) in [6.45, 7) is 5.43. The number of hydrogen-bond donors (Lipinski definition) is 3. The van der Waals surface area contributed by atoms with Gasteiger partial charge in [-0.3, -0.25) is 19.8 Å². The Bertz CT molecular complexity index is 2590. The highest BCUT2D eigenvalue weighted by Gasteiger charge is 2.27. The molecule has 0 saturated carbocycles. The molecule has 4 heterocycles. The molecule has 0 unspecified atom stereocenters. The van der Waals surface area contributed by atoms with E-state index in [0.717, 1.165) is 60.7 Å². The summed E-state index contributed by atoms with van der Waals surface area (Å²) in [4.78, 5) is 36.9. The molecule has 0 atom stereocenters. The maximum absolute atomic E-state index is 13.9. The maximum Gasteiger partial charge on any atom is 0.293 e. The number of piperazine rings is 1. The van der Waals surface area contributed by atoms with Gasteiger partial charge < -0.3 is 24.7 Å². The normalized spacial score (nSPS) is 15.2. The molecule has 2 aliphatic rings. The number of amides is 1. The molecule has 6 aromatic rings. The molecule has 59 heavy (non-hydrogen) atoms. The molecule has 8 rings (SSSR count). The lowest BCUT2D eigenvalue weighted by Gasteiger charge is -2.36. The highest BCUT2D eigenvalue weighted by atomic mass is 35.5.